The number of aromatic nitrogens is 1. The summed E-state index contributed by atoms with van der Waals surface area (Å²) in [6.07, 6.45) is 4.66. The lowest BCUT2D eigenvalue weighted by molar-refractivity contribution is -0.121. The standard InChI is InChI=1S/C26H28N4O2/c1-3-22(20-10-5-4-6-11-20)28-21-13-14-23-24(18-21)32-19-26(31)30(23)17-9-16-29(2)25-12-7-8-15-27-25/h3-8,10-15,18,28H,9,16-17,19H2,1-2H3/b22-3-. The van der Waals surface area contributed by atoms with Crippen LogP contribution in [0.25, 0.3) is 5.70 Å². The van der Waals surface area contributed by atoms with Gasteiger partial charge in [-0.25, -0.2) is 4.98 Å². The van der Waals surface area contributed by atoms with E-state index < -0.39 is 0 Å². The van der Waals surface area contributed by atoms with E-state index in [4.69, 9.17) is 4.74 Å². The molecule has 6 heteroatoms. The fraction of sp³-hybridized carbons (Fsp3) is 0.231. The fourth-order valence-electron chi connectivity index (χ4n) is 3.77. The molecule has 2 aromatic carbocycles. The molecule has 3 aromatic rings. The highest BCUT2D eigenvalue weighted by Gasteiger charge is 2.25. The average Bonchev–Trinajstić information content (AvgIpc) is 2.84. The number of hydrogen-bond donors (Lipinski definition) is 1. The van der Waals surface area contributed by atoms with Crippen LogP contribution in [-0.4, -0.2) is 37.6 Å². The molecule has 0 saturated heterocycles. The van der Waals surface area contributed by atoms with Gasteiger partial charge in [0.2, 0.25) is 0 Å². The molecule has 1 aliphatic rings. The Morgan fingerprint density at radius 1 is 1.16 bits per heavy atom. The number of carbonyl (C=O) groups excluding carboxylic acids is 1. The number of nitrogens with one attached hydrogen (secondary N) is 1. The highest BCUT2D eigenvalue weighted by molar-refractivity contribution is 5.98. The first-order valence-electron chi connectivity index (χ1n) is 10.8. The van der Waals surface area contributed by atoms with Crippen LogP contribution in [0.15, 0.2) is 79.0 Å². The molecule has 0 unspecified atom stereocenters. The number of allylic oxidation sites excluding steroid dienone is 1. The van der Waals surface area contributed by atoms with E-state index in [1.807, 2.05) is 79.5 Å². The number of rotatable bonds is 8. The van der Waals surface area contributed by atoms with Crippen molar-refractivity contribution in [3.05, 3.63) is 84.6 Å². The molecule has 1 N–H and O–H groups in total. The van der Waals surface area contributed by atoms with Crippen LogP contribution in [0.2, 0.25) is 0 Å². The maximum Gasteiger partial charge on any atom is 0.265 e. The molecule has 0 aliphatic carbocycles. The third-order valence-electron chi connectivity index (χ3n) is 5.47. The van der Waals surface area contributed by atoms with Gasteiger partial charge in [0.05, 0.1) is 5.69 Å². The largest absolute Gasteiger partial charge is 0.481 e. The zero-order chi connectivity index (χ0) is 22.3. The lowest BCUT2D eigenvalue weighted by atomic mass is 10.1. The molecule has 1 amide bonds. The van der Waals surface area contributed by atoms with E-state index in [0.717, 1.165) is 47.2 Å². The van der Waals surface area contributed by atoms with Crippen molar-refractivity contribution in [2.45, 2.75) is 13.3 Å². The molecular weight excluding hydrogens is 400 g/mol. The van der Waals surface area contributed by atoms with Gasteiger partial charge in [0.1, 0.15) is 11.6 Å². The van der Waals surface area contributed by atoms with Crippen molar-refractivity contribution in [1.82, 2.24) is 4.98 Å². The summed E-state index contributed by atoms with van der Waals surface area (Å²) in [5.74, 6) is 1.63. The molecule has 0 radical (unpaired) electrons. The van der Waals surface area contributed by atoms with Crippen molar-refractivity contribution in [2.24, 2.45) is 0 Å². The molecule has 0 fully saturated rings. The highest BCUT2D eigenvalue weighted by Crippen LogP contribution is 2.35. The first kappa shape index (κ1) is 21.4. The van der Waals surface area contributed by atoms with Crippen molar-refractivity contribution in [2.75, 3.05) is 41.9 Å². The van der Waals surface area contributed by atoms with Crippen molar-refractivity contribution in [1.29, 1.82) is 0 Å². The van der Waals surface area contributed by atoms with Gasteiger partial charge >= 0.3 is 0 Å². The number of hydrogen-bond acceptors (Lipinski definition) is 5. The van der Waals surface area contributed by atoms with Gasteiger partial charge in [-0.1, -0.05) is 42.5 Å². The molecule has 0 atom stereocenters. The van der Waals surface area contributed by atoms with Crippen LogP contribution in [0.1, 0.15) is 18.9 Å². The Balaban J connectivity index is 1.43. The second-order valence-corrected chi connectivity index (χ2v) is 7.67. The zero-order valence-corrected chi connectivity index (χ0v) is 18.5. The van der Waals surface area contributed by atoms with Crippen molar-refractivity contribution in [3.8, 4) is 5.75 Å². The molecular formula is C26H28N4O2. The smallest absolute Gasteiger partial charge is 0.265 e. The third-order valence-corrected chi connectivity index (χ3v) is 5.47. The van der Waals surface area contributed by atoms with Gasteiger partial charge in [0.15, 0.2) is 6.61 Å². The van der Waals surface area contributed by atoms with E-state index in [1.54, 1.807) is 6.20 Å². The number of pyridine rings is 1. The SMILES string of the molecule is C/C=C(\Nc1ccc2c(c1)OCC(=O)N2CCCN(C)c1ccccn1)c1ccccc1. The Hall–Kier alpha value is -3.80. The van der Waals surface area contributed by atoms with Crippen molar-refractivity contribution >= 4 is 28.8 Å². The first-order chi connectivity index (χ1) is 15.7. The van der Waals surface area contributed by atoms with E-state index in [-0.39, 0.29) is 12.5 Å². The molecule has 164 valence electrons. The van der Waals surface area contributed by atoms with Gasteiger partial charge in [-0.05, 0) is 43.2 Å². The van der Waals surface area contributed by atoms with Crippen LogP contribution in [0.3, 0.4) is 0 Å². The van der Waals surface area contributed by atoms with Crippen LogP contribution in [-0.2, 0) is 4.79 Å². The van der Waals surface area contributed by atoms with Crippen molar-refractivity contribution < 1.29 is 9.53 Å². The second-order valence-electron chi connectivity index (χ2n) is 7.67. The quantitative estimate of drug-likeness (QED) is 0.558. The van der Waals surface area contributed by atoms with Crippen molar-refractivity contribution in [3.63, 3.8) is 0 Å². The molecule has 4 rings (SSSR count). The minimum atomic E-state index is -0.0165. The number of carbonyl (C=O) groups is 1. The van der Waals surface area contributed by atoms with E-state index >= 15 is 0 Å². The third kappa shape index (κ3) is 4.91. The second kappa shape index (κ2) is 10.0. The highest BCUT2D eigenvalue weighted by atomic mass is 16.5. The minimum absolute atomic E-state index is 0.0165. The Labute approximate surface area is 189 Å². The van der Waals surface area contributed by atoms with Gasteiger partial charge < -0.3 is 19.9 Å². The minimum Gasteiger partial charge on any atom is -0.481 e. The number of ether oxygens (including phenoxy) is 1. The molecule has 32 heavy (non-hydrogen) atoms. The summed E-state index contributed by atoms with van der Waals surface area (Å²) in [7, 11) is 2.01. The molecule has 0 bridgehead atoms. The molecule has 2 heterocycles. The van der Waals surface area contributed by atoms with Gasteiger partial charge in [0.25, 0.3) is 5.91 Å². The summed E-state index contributed by atoms with van der Waals surface area (Å²) in [6, 6.07) is 21.9. The summed E-state index contributed by atoms with van der Waals surface area (Å²) in [6.45, 7) is 3.50. The lowest BCUT2D eigenvalue weighted by Crippen LogP contribution is -2.40. The number of anilines is 3. The molecule has 6 nitrogen and oxygen atoms in total. The lowest BCUT2D eigenvalue weighted by Gasteiger charge is -2.30. The van der Waals surface area contributed by atoms with Crippen LogP contribution in [0.4, 0.5) is 17.2 Å². The number of fused-ring (bicyclic) bond motifs is 1. The molecule has 0 saturated carbocycles. The Kier molecular flexibility index (Phi) is 6.70. The monoisotopic (exact) mass is 428 g/mol. The Bertz CT molecular complexity index is 1080. The van der Waals surface area contributed by atoms with Gasteiger partial charge in [-0.2, -0.15) is 0 Å². The van der Waals surface area contributed by atoms with Gasteiger partial charge in [0, 0.05) is 43.8 Å². The van der Waals surface area contributed by atoms with E-state index in [9.17, 15) is 4.79 Å². The zero-order valence-electron chi connectivity index (χ0n) is 18.5. The maximum atomic E-state index is 12.5. The predicted molar refractivity (Wildman–Crippen MR) is 130 cm³/mol. The Morgan fingerprint density at radius 3 is 2.72 bits per heavy atom. The van der Waals surface area contributed by atoms with E-state index in [1.165, 1.54) is 0 Å². The van der Waals surface area contributed by atoms with Gasteiger partial charge in [-0.3, -0.25) is 4.79 Å². The summed E-state index contributed by atoms with van der Waals surface area (Å²) >= 11 is 0. The van der Waals surface area contributed by atoms with Crippen LogP contribution in [0.5, 0.6) is 5.75 Å². The number of amides is 1. The van der Waals surface area contributed by atoms with Gasteiger partial charge in [-0.15, -0.1) is 0 Å². The summed E-state index contributed by atoms with van der Waals surface area (Å²) in [4.78, 5) is 20.8. The summed E-state index contributed by atoms with van der Waals surface area (Å²) < 4.78 is 5.75. The van der Waals surface area contributed by atoms with E-state index in [2.05, 4.69) is 27.3 Å². The fourth-order valence-corrected chi connectivity index (χ4v) is 3.77. The normalized spacial score (nSPS) is 13.4. The topological polar surface area (TPSA) is 57.7 Å². The van der Waals surface area contributed by atoms with Crippen LogP contribution < -0.4 is 19.9 Å². The molecule has 0 spiro atoms. The number of nitrogens with zero attached hydrogens (tertiary/aromatic N) is 3. The molecule has 1 aromatic heterocycles. The molecule has 1 aliphatic heterocycles. The average molecular weight is 429 g/mol. The number of benzene rings is 2. The Morgan fingerprint density at radius 2 is 1.97 bits per heavy atom. The van der Waals surface area contributed by atoms with E-state index in [0.29, 0.717) is 6.54 Å². The van der Waals surface area contributed by atoms with Crippen LogP contribution >= 0.6 is 0 Å². The van der Waals surface area contributed by atoms with Crippen LogP contribution in [0, 0.1) is 0 Å². The first-order valence-corrected chi connectivity index (χ1v) is 10.8. The summed E-state index contributed by atoms with van der Waals surface area (Å²) in [5, 5.41) is 3.46. The maximum absolute atomic E-state index is 12.5. The predicted octanol–water partition coefficient (Wildman–Crippen LogP) is 4.81. The summed E-state index contributed by atoms with van der Waals surface area (Å²) in [5.41, 5.74) is 3.87.